The predicted octanol–water partition coefficient (Wildman–Crippen LogP) is 3.38. The number of amides is 2. The number of hydrogen-bond donors (Lipinski definition) is 5. The number of hydrogen-bond acceptors (Lipinski definition) is 9. The van der Waals surface area contributed by atoms with Crippen molar-refractivity contribution in [2.75, 3.05) is 12.9 Å². The van der Waals surface area contributed by atoms with Crippen LogP contribution < -0.4 is 10.6 Å². The molecule has 49 heavy (non-hydrogen) atoms. The molecule has 1 aliphatic carbocycles. The molecule has 0 saturated heterocycles. The minimum atomic E-state index is -3.91. The summed E-state index contributed by atoms with van der Waals surface area (Å²) in [5.41, 5.74) is 4.41. The van der Waals surface area contributed by atoms with Crippen LogP contribution in [-0.4, -0.2) is 83.3 Å². The molecular weight excluding hydrogens is 680 g/mol. The van der Waals surface area contributed by atoms with Crippen molar-refractivity contribution in [1.82, 2.24) is 20.6 Å². The Hall–Kier alpha value is -5.02. The number of halogens is 1. The monoisotopic (exact) mass is 714 g/mol. The molecule has 2 amide bonds. The molecule has 260 valence electrons. The quantitative estimate of drug-likeness (QED) is 0.136. The number of aromatic nitrogens is 2. The lowest BCUT2D eigenvalue weighted by Gasteiger charge is -2.23. The van der Waals surface area contributed by atoms with E-state index in [0.717, 1.165) is 34.6 Å². The van der Waals surface area contributed by atoms with E-state index < -0.39 is 81.2 Å². The van der Waals surface area contributed by atoms with Crippen molar-refractivity contribution < 1.29 is 47.3 Å². The molecule has 14 nitrogen and oxygen atoms in total. The lowest BCUT2D eigenvalue weighted by Crippen LogP contribution is -2.45. The third kappa shape index (κ3) is 10.2. The Balaban J connectivity index is 1.49. The highest BCUT2D eigenvalue weighted by Gasteiger charge is 2.32. The number of aromatic amines is 1. The molecule has 0 bridgehead atoms. The summed E-state index contributed by atoms with van der Waals surface area (Å²) in [7, 11) is -3.91. The molecule has 0 radical (unpaired) electrons. The third-order valence-corrected chi connectivity index (χ3v) is 9.73. The van der Waals surface area contributed by atoms with Crippen molar-refractivity contribution in [3.8, 4) is 11.1 Å². The number of carbonyl (C=O) groups is 5. The zero-order valence-electron chi connectivity index (χ0n) is 26.3. The fourth-order valence-electron chi connectivity index (χ4n) is 5.59. The zero-order chi connectivity index (χ0) is 35.7. The second-order valence-electron chi connectivity index (χ2n) is 11.6. The number of ether oxygens (including phenoxy) is 1. The van der Waals surface area contributed by atoms with Gasteiger partial charge in [-0.05, 0) is 34.8 Å². The van der Waals surface area contributed by atoms with E-state index in [2.05, 4.69) is 20.6 Å². The largest absolute Gasteiger partial charge is 0.481 e. The van der Waals surface area contributed by atoms with Gasteiger partial charge in [0, 0.05) is 43.3 Å². The first kappa shape index (κ1) is 36.8. The molecule has 4 rings (SSSR count). The lowest BCUT2D eigenvalue weighted by molar-refractivity contribution is -0.139. The maximum atomic E-state index is 13.6. The molecule has 0 saturated carbocycles. The van der Waals surface area contributed by atoms with Crippen LogP contribution in [0.15, 0.2) is 71.5 Å². The Morgan fingerprint density at radius 2 is 1.61 bits per heavy atom. The van der Waals surface area contributed by atoms with Crippen molar-refractivity contribution >= 4 is 51.2 Å². The fourth-order valence-corrected chi connectivity index (χ4v) is 6.15. The fraction of sp³-hybridized carbons (Fsp3) is 0.333. The van der Waals surface area contributed by atoms with E-state index in [1.54, 1.807) is 0 Å². The highest BCUT2D eigenvalue weighted by atomic mass is 35.5. The number of ketones is 1. The number of sulfone groups is 1. The molecule has 1 aromatic heterocycles. The standard InChI is InChI=1S/C33H35ClN4O10S/c1-49(46,47)29(34)14-20(15-31(42)43)37-32(44)19(12-21-16-35-18-36-21)13-28(39)27(10-11-30(40)41)38-33(45)48-17-26-24-8-4-2-6-22(24)23-7-3-5-9-25(23)26/h2-9,14,16,18-20,26-27H,10-13,15,17H2,1H3,(H,35,36)(H,37,44)(H,38,45)(H,40,41)(H,42,43)/b29-14+/t19-,20-,27+/m1/s1. The molecular formula is C33H35ClN4O10S. The maximum absolute atomic E-state index is 13.6. The molecule has 0 aliphatic heterocycles. The second-order valence-corrected chi connectivity index (χ2v) is 14.2. The Kier molecular flexibility index (Phi) is 12.3. The van der Waals surface area contributed by atoms with Gasteiger partial charge in [-0.1, -0.05) is 60.1 Å². The molecule has 2 aromatic carbocycles. The summed E-state index contributed by atoms with van der Waals surface area (Å²) in [4.78, 5) is 69.7. The summed E-state index contributed by atoms with van der Waals surface area (Å²) in [5.74, 6) is -5.52. The van der Waals surface area contributed by atoms with Crippen LogP contribution in [-0.2, 0) is 40.2 Å². The summed E-state index contributed by atoms with van der Waals surface area (Å²) in [5, 5.41) is 23.5. The van der Waals surface area contributed by atoms with Crippen LogP contribution in [0, 0.1) is 5.92 Å². The van der Waals surface area contributed by atoms with E-state index in [-0.39, 0.29) is 25.4 Å². The smallest absolute Gasteiger partial charge is 0.407 e. The summed E-state index contributed by atoms with van der Waals surface area (Å²) >= 11 is 5.83. The number of benzene rings is 2. The van der Waals surface area contributed by atoms with Gasteiger partial charge < -0.3 is 30.6 Å². The first-order valence-electron chi connectivity index (χ1n) is 15.2. The highest BCUT2D eigenvalue weighted by Crippen LogP contribution is 2.44. The summed E-state index contributed by atoms with van der Waals surface area (Å²) in [6, 6.07) is 12.7. The second kappa shape index (κ2) is 16.4. The van der Waals surface area contributed by atoms with Gasteiger partial charge in [-0.2, -0.15) is 0 Å². The number of carbonyl (C=O) groups excluding carboxylic acids is 3. The Bertz CT molecular complexity index is 1800. The molecule has 1 heterocycles. The van der Waals surface area contributed by atoms with Gasteiger partial charge in [0.05, 0.1) is 30.7 Å². The molecule has 1 aliphatic rings. The normalized spacial score (nSPS) is 14.5. The number of nitrogens with zero attached hydrogens (tertiary/aromatic N) is 1. The number of H-pyrrole nitrogens is 1. The van der Waals surface area contributed by atoms with Crippen LogP contribution in [0.25, 0.3) is 11.1 Å². The van der Waals surface area contributed by atoms with Crippen LogP contribution in [0.5, 0.6) is 0 Å². The molecule has 16 heteroatoms. The number of imidazole rings is 1. The van der Waals surface area contributed by atoms with Crippen molar-refractivity contribution in [2.24, 2.45) is 5.92 Å². The van der Waals surface area contributed by atoms with E-state index in [4.69, 9.17) is 16.3 Å². The molecule has 3 aromatic rings. The number of carboxylic acid groups (broad SMARTS) is 2. The first-order chi connectivity index (χ1) is 23.2. The van der Waals surface area contributed by atoms with Crippen LogP contribution in [0.3, 0.4) is 0 Å². The average molecular weight is 715 g/mol. The van der Waals surface area contributed by atoms with Crippen molar-refractivity contribution in [2.45, 2.75) is 50.1 Å². The van der Waals surface area contributed by atoms with Crippen LogP contribution in [0.2, 0.25) is 0 Å². The van der Waals surface area contributed by atoms with Gasteiger partial charge in [0.1, 0.15) is 11.0 Å². The van der Waals surface area contributed by atoms with E-state index in [1.807, 2.05) is 48.5 Å². The van der Waals surface area contributed by atoms with Gasteiger partial charge in [0.25, 0.3) is 0 Å². The summed E-state index contributed by atoms with van der Waals surface area (Å²) < 4.78 is 28.5. The third-order valence-electron chi connectivity index (χ3n) is 7.92. The number of carboxylic acids is 2. The Labute approximate surface area is 286 Å². The topological polar surface area (TPSA) is 222 Å². The molecule has 0 spiro atoms. The Morgan fingerprint density at radius 1 is 0.980 bits per heavy atom. The molecule has 0 unspecified atom stereocenters. The summed E-state index contributed by atoms with van der Waals surface area (Å²) in [6.45, 7) is -0.0565. The maximum Gasteiger partial charge on any atom is 0.407 e. The van der Waals surface area contributed by atoms with Gasteiger partial charge in [-0.15, -0.1) is 0 Å². The minimum Gasteiger partial charge on any atom is -0.481 e. The van der Waals surface area contributed by atoms with Crippen molar-refractivity contribution in [1.29, 1.82) is 0 Å². The van der Waals surface area contributed by atoms with E-state index in [1.165, 1.54) is 12.5 Å². The van der Waals surface area contributed by atoms with Crippen LogP contribution >= 0.6 is 11.6 Å². The first-order valence-corrected chi connectivity index (χ1v) is 17.4. The molecule has 3 atom stereocenters. The van der Waals surface area contributed by atoms with Gasteiger partial charge in [0.2, 0.25) is 5.91 Å². The zero-order valence-corrected chi connectivity index (χ0v) is 27.9. The Morgan fingerprint density at radius 3 is 2.16 bits per heavy atom. The van der Waals surface area contributed by atoms with Crippen molar-refractivity contribution in [3.63, 3.8) is 0 Å². The van der Waals surface area contributed by atoms with Crippen LogP contribution in [0.4, 0.5) is 4.79 Å². The van der Waals surface area contributed by atoms with Crippen molar-refractivity contribution in [3.05, 3.63) is 88.3 Å². The predicted molar refractivity (Wildman–Crippen MR) is 177 cm³/mol. The highest BCUT2D eigenvalue weighted by molar-refractivity contribution is 7.96. The van der Waals surface area contributed by atoms with Gasteiger partial charge in [-0.3, -0.25) is 19.2 Å². The van der Waals surface area contributed by atoms with E-state index >= 15 is 0 Å². The van der Waals surface area contributed by atoms with Gasteiger partial charge in [0.15, 0.2) is 15.6 Å². The number of rotatable bonds is 17. The number of fused-ring (bicyclic) bond motifs is 3. The van der Waals surface area contributed by atoms with E-state index in [9.17, 15) is 42.6 Å². The lowest BCUT2D eigenvalue weighted by atomic mass is 9.91. The number of nitrogens with one attached hydrogen (secondary N) is 3. The molecule has 0 fully saturated rings. The number of aliphatic carboxylic acids is 2. The number of Topliss-reactive ketones (excluding diaryl/α,β-unsaturated/α-hetero) is 1. The SMILES string of the molecule is CS(=O)(=O)/C(Cl)=C/[C@H](CC(=O)O)NC(=O)[C@@H](CC(=O)[C@H](CCC(=O)O)NC(=O)OCC1c2ccccc2-c2ccccc21)Cc1cnc[nH]1. The summed E-state index contributed by atoms with van der Waals surface area (Å²) in [6.07, 6.45) is 1.41. The number of alkyl carbamates (subject to hydrolysis) is 1. The average Bonchev–Trinajstić information content (AvgIpc) is 3.66. The van der Waals surface area contributed by atoms with Crippen LogP contribution in [0.1, 0.15) is 48.4 Å². The molecule has 5 N–H and O–H groups in total. The minimum absolute atomic E-state index is 0.0565. The van der Waals surface area contributed by atoms with Gasteiger partial charge in [-0.25, -0.2) is 18.2 Å². The van der Waals surface area contributed by atoms with Gasteiger partial charge >= 0.3 is 18.0 Å². The van der Waals surface area contributed by atoms with E-state index in [0.29, 0.717) is 5.69 Å².